The summed E-state index contributed by atoms with van der Waals surface area (Å²) in [5.41, 5.74) is 12.6. The molecule has 56 heavy (non-hydrogen) atoms. The molecule has 1 aliphatic rings. The average Bonchev–Trinajstić information content (AvgIpc) is 3.94. The molecule has 0 N–H and O–H groups in total. The van der Waals surface area contributed by atoms with Crippen molar-refractivity contribution in [3.8, 4) is 16.8 Å². The molecule has 12 rings (SSSR count). The van der Waals surface area contributed by atoms with Gasteiger partial charge in [0.05, 0.1) is 11.0 Å². The lowest BCUT2D eigenvalue weighted by atomic mass is 9.98. The van der Waals surface area contributed by atoms with Crippen molar-refractivity contribution in [2.45, 2.75) is 12.8 Å². The fourth-order valence-electron chi connectivity index (χ4n) is 9.09. The van der Waals surface area contributed by atoms with Gasteiger partial charge in [0.2, 0.25) is 0 Å². The molecule has 0 aliphatic heterocycles. The summed E-state index contributed by atoms with van der Waals surface area (Å²) < 4.78 is 10.3. The number of para-hydroxylation sites is 2. The Morgan fingerprint density at radius 2 is 1.25 bits per heavy atom. The minimum Gasteiger partial charge on any atom is -0.455 e. The van der Waals surface area contributed by atoms with Gasteiger partial charge < -0.3 is 13.9 Å². The van der Waals surface area contributed by atoms with Crippen LogP contribution in [0.2, 0.25) is 0 Å². The molecule has 3 nitrogen and oxygen atoms in total. The van der Waals surface area contributed by atoms with Crippen molar-refractivity contribution in [2.24, 2.45) is 0 Å². The molecule has 0 amide bonds. The molecule has 0 unspecified atom stereocenters. The Morgan fingerprint density at radius 3 is 2.04 bits per heavy atom. The normalized spacial score (nSPS) is 12.8. The van der Waals surface area contributed by atoms with Crippen LogP contribution >= 0.6 is 11.3 Å². The van der Waals surface area contributed by atoms with Crippen LogP contribution in [0.25, 0.3) is 87.5 Å². The van der Waals surface area contributed by atoms with E-state index in [0.717, 1.165) is 68.5 Å². The van der Waals surface area contributed by atoms with Crippen LogP contribution in [0, 0.1) is 0 Å². The summed E-state index contributed by atoms with van der Waals surface area (Å²) in [6.45, 7) is 0. The maximum atomic E-state index is 6.54. The first-order valence-corrected chi connectivity index (χ1v) is 20.1. The van der Waals surface area contributed by atoms with Crippen LogP contribution < -0.4 is 4.90 Å². The lowest BCUT2D eigenvalue weighted by molar-refractivity contribution is 0.673. The van der Waals surface area contributed by atoms with E-state index in [9.17, 15) is 0 Å². The molecule has 3 heterocycles. The highest BCUT2D eigenvalue weighted by Gasteiger charge is 2.20. The molecular formula is C52H34N2OS. The Labute approximate surface area is 327 Å². The molecule has 8 aromatic carbocycles. The van der Waals surface area contributed by atoms with Gasteiger partial charge in [-0.2, -0.15) is 0 Å². The van der Waals surface area contributed by atoms with Crippen molar-refractivity contribution in [2.75, 3.05) is 4.90 Å². The second-order valence-corrected chi connectivity index (χ2v) is 15.9. The van der Waals surface area contributed by atoms with Crippen LogP contribution in [-0.4, -0.2) is 4.57 Å². The van der Waals surface area contributed by atoms with Gasteiger partial charge >= 0.3 is 0 Å². The van der Waals surface area contributed by atoms with Gasteiger partial charge in [-0.25, -0.2) is 0 Å². The smallest absolute Gasteiger partial charge is 0.143 e. The van der Waals surface area contributed by atoms with Crippen molar-refractivity contribution in [1.29, 1.82) is 0 Å². The highest BCUT2D eigenvalue weighted by atomic mass is 32.1. The van der Waals surface area contributed by atoms with Crippen LogP contribution in [0.1, 0.15) is 16.9 Å². The summed E-state index contributed by atoms with van der Waals surface area (Å²) in [6, 6.07) is 61.8. The van der Waals surface area contributed by atoms with Gasteiger partial charge in [-0.15, -0.1) is 11.3 Å². The number of anilines is 3. The number of hydrogen-bond donors (Lipinski definition) is 0. The minimum atomic E-state index is 0.908. The molecule has 11 aromatic rings. The number of fused-ring (bicyclic) bond motifs is 11. The van der Waals surface area contributed by atoms with Crippen molar-refractivity contribution in [3.63, 3.8) is 0 Å². The van der Waals surface area contributed by atoms with Gasteiger partial charge in [0.15, 0.2) is 0 Å². The fourth-order valence-corrected chi connectivity index (χ4v) is 10.3. The summed E-state index contributed by atoms with van der Waals surface area (Å²) in [5, 5.41) is 8.52. The maximum Gasteiger partial charge on any atom is 0.143 e. The first-order chi connectivity index (χ1) is 27.8. The zero-order chi connectivity index (χ0) is 36.7. The number of thiophene rings is 1. The SMILES string of the molecule is C1=Cc2sc3ccc(N(c4ccc(-c5cccc6oc7c8ccccc8ccc7c56)cc4)c4ccc(-n5c6ccccc6c6ccccc65)cc4)cc3c2CC1. The van der Waals surface area contributed by atoms with Crippen molar-refractivity contribution < 1.29 is 4.42 Å². The average molecular weight is 735 g/mol. The van der Waals surface area contributed by atoms with Gasteiger partial charge in [0, 0.05) is 59.3 Å². The second kappa shape index (κ2) is 12.3. The van der Waals surface area contributed by atoms with Crippen LogP contribution in [0.15, 0.2) is 180 Å². The fraction of sp³-hybridized carbons (Fsp3) is 0.0385. The predicted octanol–water partition coefficient (Wildman–Crippen LogP) is 15.1. The van der Waals surface area contributed by atoms with Crippen molar-refractivity contribution in [1.82, 2.24) is 4.57 Å². The van der Waals surface area contributed by atoms with E-state index in [0.29, 0.717) is 0 Å². The van der Waals surface area contributed by atoms with Crippen molar-refractivity contribution in [3.05, 3.63) is 186 Å². The number of rotatable bonds is 5. The molecule has 3 aromatic heterocycles. The number of aryl methyl sites for hydroxylation is 1. The maximum absolute atomic E-state index is 6.54. The monoisotopic (exact) mass is 734 g/mol. The van der Waals surface area contributed by atoms with E-state index in [-0.39, 0.29) is 0 Å². The Morgan fingerprint density at radius 1 is 0.554 bits per heavy atom. The molecule has 0 radical (unpaired) electrons. The number of furan rings is 1. The quantitative estimate of drug-likeness (QED) is 0.176. The topological polar surface area (TPSA) is 21.3 Å². The predicted molar refractivity (Wildman–Crippen MR) is 238 cm³/mol. The van der Waals surface area contributed by atoms with E-state index < -0.39 is 0 Å². The lowest BCUT2D eigenvalue weighted by Crippen LogP contribution is -2.10. The molecule has 0 spiro atoms. The molecule has 1 aliphatic carbocycles. The van der Waals surface area contributed by atoms with Crippen LogP contribution in [0.4, 0.5) is 17.1 Å². The molecule has 4 heteroatoms. The van der Waals surface area contributed by atoms with Crippen LogP contribution in [0.5, 0.6) is 0 Å². The second-order valence-electron chi connectivity index (χ2n) is 14.8. The zero-order valence-electron chi connectivity index (χ0n) is 30.4. The van der Waals surface area contributed by atoms with Crippen LogP contribution in [0.3, 0.4) is 0 Å². The van der Waals surface area contributed by atoms with Gasteiger partial charge in [-0.05, 0) is 125 Å². The standard InChI is InChI=1S/C52H34N2OS/c1-2-11-40-33(10-1)22-30-44-51-39(15-9-18-48(51)55-52(40)44)34-20-23-35(24-21-34)53(38-29-31-50-45(32-38)43-14-5-8-19-49(43)56-50)36-25-27-37(28-26-36)54-46-16-6-3-12-41(46)42-13-4-7-17-47(42)54/h1-4,6-13,15-32H,5,14H2. The third-order valence-corrected chi connectivity index (χ3v) is 12.8. The molecule has 0 saturated carbocycles. The minimum absolute atomic E-state index is 0.908. The van der Waals surface area contributed by atoms with Gasteiger partial charge in [-0.3, -0.25) is 0 Å². The van der Waals surface area contributed by atoms with E-state index in [1.807, 2.05) is 11.3 Å². The summed E-state index contributed by atoms with van der Waals surface area (Å²) in [7, 11) is 0. The van der Waals surface area contributed by atoms with E-state index in [2.05, 4.69) is 191 Å². The zero-order valence-corrected chi connectivity index (χ0v) is 31.3. The number of hydrogen-bond acceptors (Lipinski definition) is 3. The number of allylic oxidation sites excluding steroid dienone is 1. The van der Waals surface area contributed by atoms with E-state index >= 15 is 0 Å². The number of benzene rings is 8. The third kappa shape index (κ3) is 4.76. The van der Waals surface area contributed by atoms with Crippen molar-refractivity contribution >= 4 is 99.1 Å². The Balaban J connectivity index is 0.998. The first-order valence-electron chi connectivity index (χ1n) is 19.3. The summed E-state index contributed by atoms with van der Waals surface area (Å²) in [6.07, 6.45) is 6.79. The largest absolute Gasteiger partial charge is 0.455 e. The van der Waals surface area contributed by atoms with Gasteiger partial charge in [-0.1, -0.05) is 97.1 Å². The summed E-state index contributed by atoms with van der Waals surface area (Å²) >= 11 is 1.90. The molecule has 0 bridgehead atoms. The Bertz CT molecular complexity index is 3310. The first kappa shape index (κ1) is 31.5. The molecule has 264 valence electrons. The van der Waals surface area contributed by atoms with E-state index in [4.69, 9.17) is 4.42 Å². The Hall–Kier alpha value is -6.88. The summed E-state index contributed by atoms with van der Waals surface area (Å²) in [4.78, 5) is 3.80. The number of nitrogens with zero attached hydrogens (tertiary/aromatic N) is 2. The molecular weight excluding hydrogens is 701 g/mol. The van der Waals surface area contributed by atoms with Gasteiger partial charge in [0.1, 0.15) is 11.2 Å². The molecule has 0 fully saturated rings. The van der Waals surface area contributed by atoms with E-state index in [1.165, 1.54) is 53.3 Å². The van der Waals surface area contributed by atoms with E-state index in [1.54, 1.807) is 0 Å². The highest BCUT2D eigenvalue weighted by Crippen LogP contribution is 2.44. The van der Waals surface area contributed by atoms with Gasteiger partial charge in [0.25, 0.3) is 0 Å². The highest BCUT2D eigenvalue weighted by molar-refractivity contribution is 7.20. The van der Waals surface area contributed by atoms with Crippen LogP contribution in [-0.2, 0) is 6.42 Å². The number of aromatic nitrogens is 1. The molecule has 0 atom stereocenters. The summed E-state index contributed by atoms with van der Waals surface area (Å²) in [5.74, 6) is 0. The Kier molecular flexibility index (Phi) is 6.92. The third-order valence-electron chi connectivity index (χ3n) is 11.7. The molecule has 0 saturated heterocycles. The lowest BCUT2D eigenvalue weighted by Gasteiger charge is -2.26.